The van der Waals surface area contributed by atoms with Crippen molar-refractivity contribution in [2.24, 2.45) is 21.7 Å². The molecule has 6 heteroatoms. The molecule has 0 amide bonds. The molecule has 0 aromatic carbocycles. The molecule has 0 unspecified atom stereocenters. The van der Waals surface area contributed by atoms with E-state index in [1.807, 2.05) is 19.1 Å². The van der Waals surface area contributed by atoms with E-state index in [0.29, 0.717) is 0 Å². The molecule has 4 nitrogen and oxygen atoms in total. The largest absolute Gasteiger partial charge is 0.369 e. The number of rotatable bonds is 2. The zero-order chi connectivity index (χ0) is 9.84. The van der Waals surface area contributed by atoms with Gasteiger partial charge in [-0.15, -0.1) is 16.4 Å². The average Bonchev–Trinajstić information content (AvgIpc) is 2.47. The highest BCUT2D eigenvalue weighted by molar-refractivity contribution is 9.11. The lowest BCUT2D eigenvalue weighted by atomic mass is 10.3. The summed E-state index contributed by atoms with van der Waals surface area (Å²) in [7, 11) is 0. The minimum atomic E-state index is -0.0324. The van der Waals surface area contributed by atoms with Gasteiger partial charge in [0.05, 0.1) is 14.4 Å². The average molecular weight is 261 g/mol. The Morgan fingerprint density at radius 1 is 1.38 bits per heavy atom. The predicted molar refractivity (Wildman–Crippen MR) is 60.0 cm³/mol. The monoisotopic (exact) mass is 260 g/mol. The molecule has 1 aromatic heterocycles. The Labute approximate surface area is 88.5 Å². The van der Waals surface area contributed by atoms with E-state index in [2.05, 4.69) is 26.1 Å². The topological polar surface area (TPSA) is 76.8 Å². The highest BCUT2D eigenvalue weighted by Gasteiger charge is 2.00. The Bertz CT molecular complexity index is 351. The zero-order valence-corrected chi connectivity index (χ0v) is 9.39. The number of halogens is 1. The molecule has 70 valence electrons. The molecule has 0 saturated heterocycles. The lowest BCUT2D eigenvalue weighted by Crippen LogP contribution is -2.22. The van der Waals surface area contributed by atoms with Gasteiger partial charge in [-0.2, -0.15) is 5.10 Å². The summed E-state index contributed by atoms with van der Waals surface area (Å²) in [6.45, 7) is 1.85. The molecule has 0 saturated carbocycles. The van der Waals surface area contributed by atoms with Crippen molar-refractivity contribution >= 4 is 38.9 Å². The first-order valence-electron chi connectivity index (χ1n) is 3.48. The van der Waals surface area contributed by atoms with Crippen LogP contribution >= 0.6 is 27.3 Å². The van der Waals surface area contributed by atoms with E-state index in [1.54, 1.807) is 11.3 Å². The minimum absolute atomic E-state index is 0.0324. The first kappa shape index (κ1) is 10.2. The molecular weight excluding hydrogens is 252 g/mol. The van der Waals surface area contributed by atoms with E-state index in [9.17, 15) is 0 Å². The first-order valence-corrected chi connectivity index (χ1v) is 5.09. The summed E-state index contributed by atoms with van der Waals surface area (Å²) in [5, 5.41) is 7.41. The second-order valence-electron chi connectivity index (χ2n) is 2.31. The Kier molecular flexibility index (Phi) is 3.44. The molecule has 0 aliphatic heterocycles. The van der Waals surface area contributed by atoms with Gasteiger partial charge in [0.1, 0.15) is 0 Å². The number of hydrogen-bond donors (Lipinski definition) is 2. The van der Waals surface area contributed by atoms with Crippen LogP contribution in [0.4, 0.5) is 0 Å². The summed E-state index contributed by atoms with van der Waals surface area (Å²) < 4.78 is 1.06. The lowest BCUT2D eigenvalue weighted by Gasteiger charge is -1.91. The van der Waals surface area contributed by atoms with Crippen LogP contribution < -0.4 is 11.5 Å². The van der Waals surface area contributed by atoms with Gasteiger partial charge in [-0.1, -0.05) is 0 Å². The van der Waals surface area contributed by atoms with Crippen molar-refractivity contribution in [1.82, 2.24) is 0 Å². The summed E-state index contributed by atoms with van der Waals surface area (Å²) in [5.41, 5.74) is 11.1. The van der Waals surface area contributed by atoms with E-state index in [4.69, 9.17) is 11.5 Å². The van der Waals surface area contributed by atoms with Crippen LogP contribution in [0.15, 0.2) is 26.1 Å². The highest BCUT2D eigenvalue weighted by atomic mass is 79.9. The van der Waals surface area contributed by atoms with Gasteiger partial charge in [-0.25, -0.2) is 0 Å². The molecule has 0 atom stereocenters. The molecule has 0 fully saturated rings. The number of thiophene rings is 1. The maximum absolute atomic E-state index is 5.14. The fourth-order valence-electron chi connectivity index (χ4n) is 0.691. The standard InChI is InChI=1S/C7H9BrN4S/c1-4(11-12-7(9)10)5-2-3-6(8)13-5/h2-3H,1H3,(H4,9,10,12)/b11-4+. The minimum Gasteiger partial charge on any atom is -0.369 e. The summed E-state index contributed by atoms with van der Waals surface area (Å²) in [6.07, 6.45) is 0. The Morgan fingerprint density at radius 2 is 2.08 bits per heavy atom. The van der Waals surface area contributed by atoms with Gasteiger partial charge in [-0.3, -0.25) is 0 Å². The van der Waals surface area contributed by atoms with Crippen LogP contribution in [-0.4, -0.2) is 11.7 Å². The van der Waals surface area contributed by atoms with Gasteiger partial charge < -0.3 is 11.5 Å². The third-order valence-electron chi connectivity index (χ3n) is 1.25. The van der Waals surface area contributed by atoms with E-state index < -0.39 is 0 Å². The summed E-state index contributed by atoms with van der Waals surface area (Å²) in [5.74, 6) is -0.0324. The molecule has 4 N–H and O–H groups in total. The molecule has 1 aromatic rings. The number of hydrogen-bond acceptors (Lipinski definition) is 3. The van der Waals surface area contributed by atoms with Gasteiger partial charge in [0.2, 0.25) is 5.96 Å². The van der Waals surface area contributed by atoms with Gasteiger partial charge >= 0.3 is 0 Å². The number of guanidine groups is 1. The van der Waals surface area contributed by atoms with Crippen molar-refractivity contribution in [3.63, 3.8) is 0 Å². The van der Waals surface area contributed by atoms with Crippen molar-refractivity contribution in [2.75, 3.05) is 0 Å². The molecule has 0 spiro atoms. The van der Waals surface area contributed by atoms with Gasteiger partial charge in [0.15, 0.2) is 0 Å². The summed E-state index contributed by atoms with van der Waals surface area (Å²) in [6, 6.07) is 3.91. The van der Waals surface area contributed by atoms with Gasteiger partial charge in [0, 0.05) is 0 Å². The molecule has 13 heavy (non-hydrogen) atoms. The van der Waals surface area contributed by atoms with Crippen molar-refractivity contribution in [3.8, 4) is 0 Å². The van der Waals surface area contributed by atoms with Crippen LogP contribution in [0.1, 0.15) is 11.8 Å². The van der Waals surface area contributed by atoms with E-state index in [1.165, 1.54) is 0 Å². The van der Waals surface area contributed by atoms with Crippen LogP contribution in [0.3, 0.4) is 0 Å². The fraction of sp³-hybridized carbons (Fsp3) is 0.143. The van der Waals surface area contributed by atoms with Crippen LogP contribution in [0.25, 0.3) is 0 Å². The second-order valence-corrected chi connectivity index (χ2v) is 4.78. The highest BCUT2D eigenvalue weighted by Crippen LogP contribution is 2.22. The molecule has 0 aliphatic carbocycles. The normalized spacial score (nSPS) is 11.4. The zero-order valence-electron chi connectivity index (χ0n) is 6.99. The molecule has 1 rings (SSSR count). The van der Waals surface area contributed by atoms with E-state index >= 15 is 0 Å². The van der Waals surface area contributed by atoms with Crippen molar-refractivity contribution in [2.45, 2.75) is 6.92 Å². The van der Waals surface area contributed by atoms with Crippen LogP contribution in [0.5, 0.6) is 0 Å². The smallest absolute Gasteiger partial charge is 0.211 e. The quantitative estimate of drug-likeness (QED) is 0.481. The lowest BCUT2D eigenvalue weighted by molar-refractivity contribution is 1.20. The van der Waals surface area contributed by atoms with Gasteiger partial charge in [-0.05, 0) is 35.0 Å². The Balaban J connectivity index is 2.85. The van der Waals surface area contributed by atoms with E-state index in [0.717, 1.165) is 14.4 Å². The first-order chi connectivity index (χ1) is 6.09. The van der Waals surface area contributed by atoms with Crippen molar-refractivity contribution < 1.29 is 0 Å². The maximum Gasteiger partial charge on any atom is 0.211 e. The SMILES string of the molecule is C/C(=N\N=C(N)N)c1ccc(Br)s1. The molecule has 0 aliphatic rings. The van der Waals surface area contributed by atoms with Gasteiger partial charge in [0.25, 0.3) is 0 Å². The van der Waals surface area contributed by atoms with Crippen LogP contribution in [0, 0.1) is 0 Å². The molecule has 0 radical (unpaired) electrons. The Morgan fingerprint density at radius 3 is 2.54 bits per heavy atom. The third-order valence-corrected chi connectivity index (χ3v) is 2.98. The summed E-state index contributed by atoms with van der Waals surface area (Å²) in [4.78, 5) is 1.04. The predicted octanol–water partition coefficient (Wildman–Crippen LogP) is 1.51. The molecule has 0 bridgehead atoms. The fourth-order valence-corrected chi connectivity index (χ4v) is 2.02. The third kappa shape index (κ3) is 3.16. The molecule has 1 heterocycles. The van der Waals surface area contributed by atoms with Crippen LogP contribution in [0.2, 0.25) is 0 Å². The van der Waals surface area contributed by atoms with Crippen molar-refractivity contribution in [1.29, 1.82) is 0 Å². The number of nitrogens with zero attached hydrogens (tertiary/aromatic N) is 2. The second kappa shape index (κ2) is 4.38. The molecular formula is C7H9BrN4S. The van der Waals surface area contributed by atoms with Crippen LogP contribution in [-0.2, 0) is 0 Å². The Hall–Kier alpha value is -0.880. The van der Waals surface area contributed by atoms with Crippen molar-refractivity contribution in [3.05, 3.63) is 20.8 Å². The summed E-state index contributed by atoms with van der Waals surface area (Å²) >= 11 is 4.94. The number of nitrogens with two attached hydrogens (primary N) is 2. The van der Waals surface area contributed by atoms with E-state index in [-0.39, 0.29) is 5.96 Å². The maximum atomic E-state index is 5.14.